The Morgan fingerprint density at radius 3 is 2.55 bits per heavy atom. The molecule has 0 aliphatic carbocycles. The van der Waals surface area contributed by atoms with E-state index in [4.69, 9.17) is 16.3 Å². The molecule has 5 amide bonds. The fourth-order valence-electron chi connectivity index (χ4n) is 3.67. The van der Waals surface area contributed by atoms with E-state index in [0.717, 1.165) is 16.0 Å². The Morgan fingerprint density at radius 2 is 1.84 bits per heavy atom. The molecule has 1 fully saturated rings. The summed E-state index contributed by atoms with van der Waals surface area (Å²) in [5, 5.41) is 5.30. The van der Waals surface area contributed by atoms with Crippen molar-refractivity contribution in [3.05, 3.63) is 90.8 Å². The van der Waals surface area contributed by atoms with Gasteiger partial charge in [-0.2, -0.15) is 0 Å². The van der Waals surface area contributed by atoms with Crippen LogP contribution in [0.2, 0.25) is 5.02 Å². The summed E-state index contributed by atoms with van der Waals surface area (Å²) < 4.78 is 6.89. The van der Waals surface area contributed by atoms with E-state index >= 15 is 0 Å². The standard InChI is InChI=1S/C27H20Br2ClN3O5/c1-14-4-3-5-18(8-14)31-23(34)13-38-24-16(9-17(28)11-21(24)29)10-20-25(35)32-27(37)33(26(20)36)19-7-6-15(2)22(30)12-19/h3-12H,13H2,1-2H3,(H,31,34)(H,32,35,37)/b20-10+. The van der Waals surface area contributed by atoms with E-state index < -0.39 is 23.8 Å². The number of aryl methyl sites for hydroxylation is 2. The maximum atomic E-state index is 13.3. The molecule has 2 N–H and O–H groups in total. The number of amides is 5. The summed E-state index contributed by atoms with van der Waals surface area (Å²) in [5.41, 5.74) is 2.61. The van der Waals surface area contributed by atoms with Crippen molar-refractivity contribution in [1.29, 1.82) is 0 Å². The third-order valence-electron chi connectivity index (χ3n) is 5.50. The van der Waals surface area contributed by atoms with Crippen LogP contribution in [0, 0.1) is 13.8 Å². The Morgan fingerprint density at radius 1 is 1.08 bits per heavy atom. The Balaban J connectivity index is 1.63. The van der Waals surface area contributed by atoms with E-state index in [9.17, 15) is 19.2 Å². The number of benzene rings is 3. The van der Waals surface area contributed by atoms with Crippen LogP contribution in [0.5, 0.6) is 5.75 Å². The number of halogens is 3. The highest BCUT2D eigenvalue weighted by Crippen LogP contribution is 2.35. The van der Waals surface area contributed by atoms with Crippen molar-refractivity contribution in [3.63, 3.8) is 0 Å². The molecule has 1 aliphatic rings. The molecule has 0 unspecified atom stereocenters. The molecule has 4 rings (SSSR count). The molecule has 0 aromatic heterocycles. The number of hydrogen-bond donors (Lipinski definition) is 2. The number of hydrogen-bond acceptors (Lipinski definition) is 5. The molecule has 3 aromatic rings. The number of nitrogens with one attached hydrogen (secondary N) is 2. The number of anilines is 2. The zero-order chi connectivity index (χ0) is 27.6. The van der Waals surface area contributed by atoms with Gasteiger partial charge in [0.2, 0.25) is 0 Å². The minimum absolute atomic E-state index is 0.209. The predicted molar refractivity (Wildman–Crippen MR) is 152 cm³/mol. The monoisotopic (exact) mass is 659 g/mol. The van der Waals surface area contributed by atoms with Gasteiger partial charge in [-0.1, -0.05) is 45.7 Å². The first-order valence-corrected chi connectivity index (χ1v) is 13.2. The Bertz CT molecular complexity index is 1520. The number of ether oxygens (including phenoxy) is 1. The van der Waals surface area contributed by atoms with Crippen molar-refractivity contribution >= 4 is 84.7 Å². The molecule has 0 atom stereocenters. The van der Waals surface area contributed by atoms with Crippen LogP contribution in [0.1, 0.15) is 16.7 Å². The summed E-state index contributed by atoms with van der Waals surface area (Å²) in [6, 6.07) is 14.4. The SMILES string of the molecule is Cc1cccc(NC(=O)COc2c(Br)cc(Br)cc2/C=C2\C(=O)NC(=O)N(c3ccc(C)c(Cl)c3)C2=O)c1. The fourth-order valence-corrected chi connectivity index (χ4v) is 5.21. The van der Waals surface area contributed by atoms with Gasteiger partial charge in [-0.15, -0.1) is 0 Å². The van der Waals surface area contributed by atoms with Gasteiger partial charge in [-0.3, -0.25) is 19.7 Å². The lowest BCUT2D eigenvalue weighted by Crippen LogP contribution is -2.54. The van der Waals surface area contributed by atoms with Crippen LogP contribution in [0.25, 0.3) is 6.08 Å². The number of nitrogens with zero attached hydrogens (tertiary/aromatic N) is 1. The van der Waals surface area contributed by atoms with Crippen LogP contribution in [0.4, 0.5) is 16.2 Å². The Hall–Kier alpha value is -3.47. The van der Waals surface area contributed by atoms with E-state index in [1.165, 1.54) is 12.1 Å². The maximum Gasteiger partial charge on any atom is 0.335 e. The van der Waals surface area contributed by atoms with Crippen molar-refractivity contribution in [2.75, 3.05) is 16.8 Å². The lowest BCUT2D eigenvalue weighted by Gasteiger charge is -2.26. The second-order valence-electron chi connectivity index (χ2n) is 8.40. The molecule has 38 heavy (non-hydrogen) atoms. The van der Waals surface area contributed by atoms with Crippen LogP contribution >= 0.6 is 43.5 Å². The molecule has 1 aliphatic heterocycles. The average molecular weight is 662 g/mol. The van der Waals surface area contributed by atoms with Gasteiger partial charge in [0.05, 0.1) is 10.2 Å². The molecule has 0 radical (unpaired) electrons. The van der Waals surface area contributed by atoms with Crippen LogP contribution in [-0.2, 0) is 14.4 Å². The molecule has 0 saturated carbocycles. The predicted octanol–water partition coefficient (Wildman–Crippen LogP) is 6.17. The van der Waals surface area contributed by atoms with Gasteiger partial charge in [0.15, 0.2) is 6.61 Å². The summed E-state index contributed by atoms with van der Waals surface area (Å²) in [6.45, 7) is 3.36. The molecule has 194 valence electrons. The lowest BCUT2D eigenvalue weighted by molar-refractivity contribution is -0.122. The quantitative estimate of drug-likeness (QED) is 0.243. The van der Waals surface area contributed by atoms with Crippen molar-refractivity contribution in [2.45, 2.75) is 13.8 Å². The highest BCUT2D eigenvalue weighted by Gasteiger charge is 2.37. The van der Waals surface area contributed by atoms with E-state index in [1.807, 2.05) is 25.1 Å². The summed E-state index contributed by atoms with van der Waals surface area (Å²) in [7, 11) is 0. The first-order valence-electron chi connectivity index (χ1n) is 11.2. The Labute approximate surface area is 240 Å². The van der Waals surface area contributed by atoms with Gasteiger partial charge in [0.1, 0.15) is 11.3 Å². The van der Waals surface area contributed by atoms with Crippen molar-refractivity contribution in [2.24, 2.45) is 0 Å². The average Bonchev–Trinajstić information content (AvgIpc) is 2.83. The van der Waals surface area contributed by atoms with Gasteiger partial charge in [0.25, 0.3) is 17.7 Å². The molecule has 0 spiro atoms. The van der Waals surface area contributed by atoms with E-state index in [2.05, 4.69) is 42.5 Å². The van der Waals surface area contributed by atoms with Crippen molar-refractivity contribution in [3.8, 4) is 5.75 Å². The fraction of sp³-hybridized carbons (Fsp3) is 0.111. The van der Waals surface area contributed by atoms with Crippen molar-refractivity contribution in [1.82, 2.24) is 5.32 Å². The molecule has 1 saturated heterocycles. The van der Waals surface area contributed by atoms with E-state index in [0.29, 0.717) is 25.2 Å². The van der Waals surface area contributed by atoms with Crippen molar-refractivity contribution < 1.29 is 23.9 Å². The number of carbonyl (C=O) groups is 4. The largest absolute Gasteiger partial charge is 0.482 e. The first-order chi connectivity index (χ1) is 18.0. The topological polar surface area (TPSA) is 105 Å². The van der Waals surface area contributed by atoms with E-state index in [-0.39, 0.29) is 23.6 Å². The third kappa shape index (κ3) is 6.15. The second-order valence-corrected chi connectivity index (χ2v) is 10.6. The maximum absolute atomic E-state index is 13.3. The normalized spacial score (nSPS) is 14.5. The lowest BCUT2D eigenvalue weighted by atomic mass is 10.1. The van der Waals surface area contributed by atoms with Gasteiger partial charge < -0.3 is 10.1 Å². The van der Waals surface area contributed by atoms with Crippen LogP contribution < -0.4 is 20.3 Å². The molecular formula is C27H20Br2ClN3O5. The smallest absolute Gasteiger partial charge is 0.335 e. The molecular weight excluding hydrogens is 642 g/mol. The summed E-state index contributed by atoms with van der Waals surface area (Å²) in [5.74, 6) is -1.88. The molecule has 11 heteroatoms. The Kier molecular flexibility index (Phi) is 8.35. The van der Waals surface area contributed by atoms with Gasteiger partial charge >= 0.3 is 6.03 Å². The number of carbonyl (C=O) groups excluding carboxylic acids is 4. The zero-order valence-electron chi connectivity index (χ0n) is 20.1. The first kappa shape index (κ1) is 27.6. The summed E-state index contributed by atoms with van der Waals surface area (Å²) in [6.07, 6.45) is 1.30. The number of imide groups is 2. The van der Waals surface area contributed by atoms with Crippen LogP contribution in [-0.4, -0.2) is 30.4 Å². The highest BCUT2D eigenvalue weighted by molar-refractivity contribution is 9.11. The third-order valence-corrected chi connectivity index (χ3v) is 6.96. The molecule has 1 heterocycles. The molecule has 3 aromatic carbocycles. The number of urea groups is 1. The van der Waals surface area contributed by atoms with Gasteiger partial charge in [-0.25, -0.2) is 9.69 Å². The highest BCUT2D eigenvalue weighted by atomic mass is 79.9. The van der Waals surface area contributed by atoms with Crippen LogP contribution in [0.15, 0.2) is 69.1 Å². The molecule has 8 nitrogen and oxygen atoms in total. The van der Waals surface area contributed by atoms with Crippen LogP contribution in [0.3, 0.4) is 0 Å². The van der Waals surface area contributed by atoms with E-state index in [1.54, 1.807) is 37.3 Å². The van der Waals surface area contributed by atoms with Gasteiger partial charge in [-0.05, 0) is 83.4 Å². The zero-order valence-corrected chi connectivity index (χ0v) is 24.0. The second kappa shape index (κ2) is 11.5. The van der Waals surface area contributed by atoms with Gasteiger partial charge in [0, 0.05) is 20.7 Å². The summed E-state index contributed by atoms with van der Waals surface area (Å²) >= 11 is 13.0. The minimum Gasteiger partial charge on any atom is -0.482 e. The number of barbiturate groups is 1. The number of rotatable bonds is 6. The minimum atomic E-state index is -0.892. The molecule has 0 bridgehead atoms. The summed E-state index contributed by atoms with van der Waals surface area (Å²) in [4.78, 5) is 51.9.